The average Bonchev–Trinajstić information content (AvgIpc) is 2.59. The molecule has 3 rings (SSSR count). The summed E-state index contributed by atoms with van der Waals surface area (Å²) in [5.41, 5.74) is 0. The summed E-state index contributed by atoms with van der Waals surface area (Å²) in [5, 5.41) is 9.84. The highest BCUT2D eigenvalue weighted by atomic mass is 79.9. The summed E-state index contributed by atoms with van der Waals surface area (Å²) in [5.74, 6) is 2.55. The maximum Gasteiger partial charge on any atom is 0.156 e. The van der Waals surface area contributed by atoms with Crippen molar-refractivity contribution in [1.82, 2.24) is 0 Å². The van der Waals surface area contributed by atoms with Crippen molar-refractivity contribution in [3.05, 3.63) is 69.3 Å². The second-order valence-electron chi connectivity index (χ2n) is 5.21. The minimum atomic E-state index is 0.114. The van der Waals surface area contributed by atoms with Crippen LogP contribution < -0.4 is 9.47 Å². The Labute approximate surface area is 206 Å². The molecule has 0 atom stereocenters. The summed E-state index contributed by atoms with van der Waals surface area (Å²) in [6.45, 7) is 0. The Morgan fingerprint density at radius 1 is 0.556 bits per heavy atom. The van der Waals surface area contributed by atoms with E-state index >= 15 is 0 Å². The quantitative estimate of drug-likeness (QED) is 0.289. The van der Waals surface area contributed by atoms with Crippen LogP contribution in [0.4, 0.5) is 0 Å². The van der Waals surface area contributed by atoms with E-state index in [9.17, 15) is 5.11 Å². The van der Waals surface area contributed by atoms with Crippen LogP contribution in [0.5, 0.6) is 28.7 Å². The lowest BCUT2D eigenvalue weighted by molar-refractivity contribution is 0.452. The van der Waals surface area contributed by atoms with Crippen molar-refractivity contribution in [2.24, 2.45) is 0 Å². The van der Waals surface area contributed by atoms with Gasteiger partial charge in [-0.25, -0.2) is 0 Å². The lowest BCUT2D eigenvalue weighted by Crippen LogP contribution is -1.91. The first-order valence-corrected chi connectivity index (χ1v) is 12.0. The standard InChI is InChI=1S/C18H8Br6O3/c19-10-2-1-3-11(20)17(10)26-9-6-14(23)18(15(24)7-9)27-8-4-12(21)16(25)13(22)5-8/h1-7,25H. The molecule has 1 N–H and O–H groups in total. The Morgan fingerprint density at radius 3 is 1.37 bits per heavy atom. The summed E-state index contributed by atoms with van der Waals surface area (Å²) in [7, 11) is 0. The van der Waals surface area contributed by atoms with Gasteiger partial charge in [0.25, 0.3) is 0 Å². The third kappa shape index (κ3) is 5.11. The Balaban J connectivity index is 1.92. The highest BCUT2D eigenvalue weighted by Crippen LogP contribution is 2.44. The van der Waals surface area contributed by atoms with E-state index in [0.717, 1.165) is 8.95 Å². The van der Waals surface area contributed by atoms with E-state index in [1.54, 1.807) is 12.1 Å². The fraction of sp³-hybridized carbons (Fsp3) is 0. The van der Waals surface area contributed by atoms with Gasteiger partial charge < -0.3 is 14.6 Å². The van der Waals surface area contributed by atoms with Crippen LogP contribution >= 0.6 is 95.6 Å². The van der Waals surface area contributed by atoms with Crippen LogP contribution in [-0.4, -0.2) is 5.11 Å². The van der Waals surface area contributed by atoms with E-state index in [1.165, 1.54) is 0 Å². The van der Waals surface area contributed by atoms with Gasteiger partial charge in [0.15, 0.2) is 11.5 Å². The molecule has 0 aliphatic heterocycles. The first-order valence-electron chi connectivity index (χ1n) is 7.23. The van der Waals surface area contributed by atoms with E-state index in [0.29, 0.717) is 40.9 Å². The number of rotatable bonds is 4. The Morgan fingerprint density at radius 2 is 0.926 bits per heavy atom. The molecule has 0 saturated heterocycles. The van der Waals surface area contributed by atoms with Crippen LogP contribution in [0.25, 0.3) is 0 Å². The van der Waals surface area contributed by atoms with Gasteiger partial charge in [0.2, 0.25) is 0 Å². The molecule has 0 bridgehead atoms. The maximum absolute atomic E-state index is 9.84. The van der Waals surface area contributed by atoms with Gasteiger partial charge in [-0.1, -0.05) is 6.07 Å². The monoisotopic (exact) mass is 746 g/mol. The van der Waals surface area contributed by atoms with Crippen molar-refractivity contribution in [3.8, 4) is 28.7 Å². The summed E-state index contributed by atoms with van der Waals surface area (Å²) < 4.78 is 16.1. The van der Waals surface area contributed by atoms with Crippen molar-refractivity contribution in [2.75, 3.05) is 0 Å². The zero-order valence-corrected chi connectivity index (χ0v) is 22.6. The van der Waals surface area contributed by atoms with Gasteiger partial charge in [0.1, 0.15) is 17.2 Å². The first-order chi connectivity index (χ1) is 12.8. The second-order valence-corrected chi connectivity index (χ2v) is 10.3. The second kappa shape index (κ2) is 9.17. The van der Waals surface area contributed by atoms with E-state index < -0.39 is 0 Å². The first kappa shape index (κ1) is 21.6. The summed E-state index contributed by atoms with van der Waals surface area (Å²) in [4.78, 5) is 0. The molecule has 0 aliphatic carbocycles. The third-order valence-electron chi connectivity index (χ3n) is 3.32. The van der Waals surface area contributed by atoms with Crippen LogP contribution in [0.15, 0.2) is 69.3 Å². The minimum Gasteiger partial charge on any atom is -0.506 e. The Kier molecular flexibility index (Phi) is 7.35. The van der Waals surface area contributed by atoms with Gasteiger partial charge in [-0.3, -0.25) is 0 Å². The van der Waals surface area contributed by atoms with Gasteiger partial charge >= 0.3 is 0 Å². The lowest BCUT2D eigenvalue weighted by atomic mass is 10.3. The van der Waals surface area contributed by atoms with Crippen molar-refractivity contribution >= 4 is 95.6 Å². The summed E-state index contributed by atoms with van der Waals surface area (Å²) in [6.07, 6.45) is 0. The highest BCUT2D eigenvalue weighted by molar-refractivity contribution is 9.11. The Hall–Kier alpha value is -0.0600. The third-order valence-corrected chi connectivity index (χ3v) is 6.96. The largest absolute Gasteiger partial charge is 0.506 e. The van der Waals surface area contributed by atoms with Gasteiger partial charge in [-0.15, -0.1) is 0 Å². The zero-order valence-electron chi connectivity index (χ0n) is 13.1. The molecule has 0 saturated carbocycles. The number of benzene rings is 3. The van der Waals surface area contributed by atoms with Crippen molar-refractivity contribution in [3.63, 3.8) is 0 Å². The van der Waals surface area contributed by atoms with E-state index in [1.807, 2.05) is 30.3 Å². The molecule has 140 valence electrons. The van der Waals surface area contributed by atoms with E-state index in [2.05, 4.69) is 95.6 Å². The lowest BCUT2D eigenvalue weighted by Gasteiger charge is -2.15. The smallest absolute Gasteiger partial charge is 0.156 e. The maximum atomic E-state index is 9.84. The number of hydrogen-bond donors (Lipinski definition) is 1. The van der Waals surface area contributed by atoms with Gasteiger partial charge in [-0.2, -0.15) is 0 Å². The molecule has 27 heavy (non-hydrogen) atoms. The predicted molar refractivity (Wildman–Crippen MR) is 127 cm³/mol. The molecular weight excluding hydrogens is 744 g/mol. The molecule has 0 radical (unpaired) electrons. The van der Waals surface area contributed by atoms with Crippen LogP contribution in [0.1, 0.15) is 0 Å². The van der Waals surface area contributed by atoms with Crippen molar-refractivity contribution in [2.45, 2.75) is 0 Å². The molecule has 0 unspecified atom stereocenters. The zero-order chi connectivity index (χ0) is 19.7. The highest BCUT2D eigenvalue weighted by Gasteiger charge is 2.15. The molecule has 9 heteroatoms. The number of phenols is 1. The molecule has 0 heterocycles. The fourth-order valence-corrected chi connectivity index (χ4v) is 5.72. The van der Waals surface area contributed by atoms with Gasteiger partial charge in [-0.05, 0) is 132 Å². The molecule has 0 aliphatic rings. The van der Waals surface area contributed by atoms with E-state index in [-0.39, 0.29) is 5.75 Å². The molecule has 0 spiro atoms. The van der Waals surface area contributed by atoms with Gasteiger partial charge in [0.05, 0.1) is 26.8 Å². The SMILES string of the molecule is Oc1c(Br)cc(Oc2c(Br)cc(Oc3c(Br)cccc3Br)cc2Br)cc1Br. The van der Waals surface area contributed by atoms with E-state index in [4.69, 9.17) is 9.47 Å². The van der Waals surface area contributed by atoms with Crippen LogP contribution in [0.3, 0.4) is 0 Å². The molecule has 0 fully saturated rings. The number of halogens is 6. The fourth-order valence-electron chi connectivity index (χ4n) is 2.11. The number of phenolic OH excluding ortho intramolecular Hbond substituents is 1. The minimum absolute atomic E-state index is 0.114. The van der Waals surface area contributed by atoms with Crippen molar-refractivity contribution < 1.29 is 14.6 Å². The van der Waals surface area contributed by atoms with Gasteiger partial charge in [0, 0.05) is 0 Å². The molecule has 0 aromatic heterocycles. The molecule has 3 nitrogen and oxygen atoms in total. The summed E-state index contributed by atoms with van der Waals surface area (Å²) in [6, 6.07) is 12.7. The number of ether oxygens (including phenoxy) is 2. The normalized spacial score (nSPS) is 10.7. The molecule has 3 aromatic rings. The van der Waals surface area contributed by atoms with Crippen LogP contribution in [-0.2, 0) is 0 Å². The number of aromatic hydroxyl groups is 1. The number of para-hydroxylation sites is 1. The Bertz CT molecular complexity index is 956. The topological polar surface area (TPSA) is 38.7 Å². The molecule has 0 amide bonds. The predicted octanol–water partition coefficient (Wildman–Crippen LogP) is 9.55. The van der Waals surface area contributed by atoms with Crippen molar-refractivity contribution in [1.29, 1.82) is 0 Å². The number of hydrogen-bond acceptors (Lipinski definition) is 3. The van der Waals surface area contributed by atoms with Crippen LogP contribution in [0.2, 0.25) is 0 Å². The summed E-state index contributed by atoms with van der Waals surface area (Å²) >= 11 is 20.6. The molecular formula is C18H8Br6O3. The van der Waals surface area contributed by atoms with Crippen LogP contribution in [0, 0.1) is 0 Å². The average molecular weight is 752 g/mol. The molecule has 3 aromatic carbocycles.